The van der Waals surface area contributed by atoms with Gasteiger partial charge in [-0.2, -0.15) is 0 Å². The van der Waals surface area contributed by atoms with Crippen molar-refractivity contribution >= 4 is 16.5 Å². The van der Waals surface area contributed by atoms with Crippen LogP contribution in [0.5, 0.6) is 0 Å². The van der Waals surface area contributed by atoms with Crippen LogP contribution < -0.4 is 10.2 Å². The van der Waals surface area contributed by atoms with Crippen molar-refractivity contribution in [1.82, 2.24) is 10.3 Å². The number of benzene rings is 1. The summed E-state index contributed by atoms with van der Waals surface area (Å²) in [5.74, 6) is -0.178. The molecule has 6 heteroatoms. The first-order valence-corrected chi connectivity index (χ1v) is 7.61. The summed E-state index contributed by atoms with van der Waals surface area (Å²) in [7, 11) is 3.61. The molecule has 0 aliphatic rings. The van der Waals surface area contributed by atoms with E-state index in [-0.39, 0.29) is 5.82 Å². The second-order valence-corrected chi connectivity index (χ2v) is 5.82. The standard InChI is InChI=1S/C15H20FN3OS/c1-19(11-12-5-3-4-6-14(12)16)15-18-10-13(21-15)9-17-7-8-20-2/h3-6,10,17H,7-9,11H2,1-2H3. The second kappa shape index (κ2) is 8.07. The zero-order valence-electron chi connectivity index (χ0n) is 12.3. The Morgan fingerprint density at radius 3 is 2.95 bits per heavy atom. The van der Waals surface area contributed by atoms with Crippen molar-refractivity contribution < 1.29 is 9.13 Å². The highest BCUT2D eigenvalue weighted by molar-refractivity contribution is 7.15. The quantitative estimate of drug-likeness (QED) is 0.761. The van der Waals surface area contributed by atoms with Crippen LogP contribution in [0, 0.1) is 5.82 Å². The molecule has 0 amide bonds. The monoisotopic (exact) mass is 309 g/mol. The van der Waals surface area contributed by atoms with E-state index < -0.39 is 0 Å². The molecule has 0 unspecified atom stereocenters. The summed E-state index contributed by atoms with van der Waals surface area (Å²) in [6, 6.07) is 6.83. The molecule has 0 spiro atoms. The Balaban J connectivity index is 1.90. The molecule has 1 aromatic heterocycles. The molecule has 114 valence electrons. The lowest BCUT2D eigenvalue weighted by Crippen LogP contribution is -2.18. The van der Waals surface area contributed by atoms with Crippen LogP contribution in [-0.4, -0.2) is 32.3 Å². The van der Waals surface area contributed by atoms with E-state index >= 15 is 0 Å². The fourth-order valence-corrected chi connectivity index (χ4v) is 2.73. The molecule has 4 nitrogen and oxygen atoms in total. The number of thiazole rings is 1. The van der Waals surface area contributed by atoms with E-state index in [9.17, 15) is 4.39 Å². The number of ether oxygens (including phenoxy) is 1. The Morgan fingerprint density at radius 1 is 1.38 bits per heavy atom. The van der Waals surface area contributed by atoms with Crippen molar-refractivity contribution in [3.05, 3.63) is 46.7 Å². The molecule has 0 saturated heterocycles. The Hall–Kier alpha value is -1.50. The molecular formula is C15H20FN3OS. The molecule has 0 aliphatic carbocycles. The lowest BCUT2D eigenvalue weighted by molar-refractivity contribution is 0.199. The van der Waals surface area contributed by atoms with Gasteiger partial charge in [0.1, 0.15) is 5.82 Å². The van der Waals surface area contributed by atoms with Crippen molar-refractivity contribution in [3.63, 3.8) is 0 Å². The number of nitrogens with zero attached hydrogens (tertiary/aromatic N) is 2. The number of hydrogen-bond donors (Lipinski definition) is 1. The molecule has 1 N–H and O–H groups in total. The lowest BCUT2D eigenvalue weighted by Gasteiger charge is -2.16. The van der Waals surface area contributed by atoms with E-state index in [1.165, 1.54) is 6.07 Å². The van der Waals surface area contributed by atoms with Gasteiger partial charge in [-0.15, -0.1) is 11.3 Å². The van der Waals surface area contributed by atoms with Crippen LogP contribution in [0.15, 0.2) is 30.5 Å². The highest BCUT2D eigenvalue weighted by atomic mass is 32.1. The number of rotatable bonds is 8. The minimum atomic E-state index is -0.178. The summed E-state index contributed by atoms with van der Waals surface area (Å²) >= 11 is 1.61. The van der Waals surface area contributed by atoms with Crippen LogP contribution in [0.2, 0.25) is 0 Å². The Morgan fingerprint density at radius 2 is 2.19 bits per heavy atom. The largest absolute Gasteiger partial charge is 0.383 e. The summed E-state index contributed by atoms with van der Waals surface area (Å²) in [4.78, 5) is 7.51. The predicted molar refractivity (Wildman–Crippen MR) is 84.2 cm³/mol. The van der Waals surface area contributed by atoms with Gasteiger partial charge >= 0.3 is 0 Å². The summed E-state index contributed by atoms with van der Waals surface area (Å²) in [5, 5.41) is 4.17. The summed E-state index contributed by atoms with van der Waals surface area (Å²) in [6.07, 6.45) is 1.86. The van der Waals surface area contributed by atoms with E-state index in [0.29, 0.717) is 18.7 Å². The lowest BCUT2D eigenvalue weighted by atomic mass is 10.2. The molecule has 1 heterocycles. The van der Waals surface area contributed by atoms with Crippen LogP contribution >= 0.6 is 11.3 Å². The number of halogens is 1. The van der Waals surface area contributed by atoms with E-state index in [1.54, 1.807) is 30.6 Å². The molecule has 2 rings (SSSR count). The van der Waals surface area contributed by atoms with Gasteiger partial charge in [0.2, 0.25) is 0 Å². The van der Waals surface area contributed by atoms with Crippen LogP contribution in [0.3, 0.4) is 0 Å². The van der Waals surface area contributed by atoms with Crippen molar-refractivity contribution in [2.45, 2.75) is 13.1 Å². The Labute approximate surface area is 128 Å². The van der Waals surface area contributed by atoms with Crippen molar-refractivity contribution in [2.75, 3.05) is 32.2 Å². The van der Waals surface area contributed by atoms with Gasteiger partial charge in [0.25, 0.3) is 0 Å². The van der Waals surface area contributed by atoms with Gasteiger partial charge in [0, 0.05) is 50.4 Å². The van der Waals surface area contributed by atoms with Gasteiger partial charge in [-0.1, -0.05) is 18.2 Å². The highest BCUT2D eigenvalue weighted by Crippen LogP contribution is 2.23. The maximum Gasteiger partial charge on any atom is 0.185 e. The van der Waals surface area contributed by atoms with Gasteiger partial charge in [-0.3, -0.25) is 0 Å². The molecule has 0 aliphatic heterocycles. The first kappa shape index (κ1) is 15.9. The van der Waals surface area contributed by atoms with Gasteiger partial charge in [-0.25, -0.2) is 9.37 Å². The van der Waals surface area contributed by atoms with Gasteiger partial charge < -0.3 is 15.0 Å². The van der Waals surface area contributed by atoms with Crippen LogP contribution in [-0.2, 0) is 17.8 Å². The number of hydrogen-bond acceptors (Lipinski definition) is 5. The second-order valence-electron chi connectivity index (χ2n) is 4.73. The van der Waals surface area contributed by atoms with Crippen LogP contribution in [0.4, 0.5) is 9.52 Å². The maximum atomic E-state index is 13.6. The van der Waals surface area contributed by atoms with Crippen LogP contribution in [0.25, 0.3) is 0 Å². The molecule has 2 aromatic rings. The van der Waals surface area contributed by atoms with Crippen molar-refractivity contribution in [3.8, 4) is 0 Å². The third-order valence-electron chi connectivity index (χ3n) is 3.02. The average Bonchev–Trinajstić information content (AvgIpc) is 2.95. The van der Waals surface area contributed by atoms with Gasteiger partial charge in [0.15, 0.2) is 5.13 Å². The maximum absolute atomic E-state index is 13.6. The fourth-order valence-electron chi connectivity index (χ4n) is 1.89. The zero-order chi connectivity index (χ0) is 15.1. The van der Waals surface area contributed by atoms with E-state index in [2.05, 4.69) is 10.3 Å². The first-order chi connectivity index (χ1) is 10.2. The molecular weight excluding hydrogens is 289 g/mol. The summed E-state index contributed by atoms with van der Waals surface area (Å²) in [6.45, 7) is 2.79. The molecule has 0 saturated carbocycles. The number of aromatic nitrogens is 1. The SMILES string of the molecule is COCCNCc1cnc(N(C)Cc2ccccc2F)s1. The average molecular weight is 309 g/mol. The summed E-state index contributed by atoms with van der Waals surface area (Å²) in [5.41, 5.74) is 0.676. The molecule has 0 radical (unpaired) electrons. The van der Waals surface area contributed by atoms with E-state index in [4.69, 9.17) is 4.74 Å². The number of nitrogens with one attached hydrogen (secondary N) is 1. The topological polar surface area (TPSA) is 37.4 Å². The highest BCUT2D eigenvalue weighted by Gasteiger charge is 2.09. The molecule has 21 heavy (non-hydrogen) atoms. The van der Waals surface area contributed by atoms with Crippen molar-refractivity contribution in [2.24, 2.45) is 0 Å². The van der Waals surface area contributed by atoms with Gasteiger partial charge in [-0.05, 0) is 6.07 Å². The molecule has 1 aromatic carbocycles. The Bertz CT molecular complexity index is 561. The predicted octanol–water partition coefficient (Wildman–Crippen LogP) is 2.65. The fraction of sp³-hybridized carbons (Fsp3) is 0.400. The normalized spacial score (nSPS) is 10.8. The Kier molecular flexibility index (Phi) is 6.10. The minimum Gasteiger partial charge on any atom is -0.383 e. The minimum absolute atomic E-state index is 0.178. The summed E-state index contributed by atoms with van der Waals surface area (Å²) < 4.78 is 18.6. The third kappa shape index (κ3) is 4.77. The number of methoxy groups -OCH3 is 1. The first-order valence-electron chi connectivity index (χ1n) is 6.79. The third-order valence-corrected chi connectivity index (χ3v) is 4.13. The van der Waals surface area contributed by atoms with Crippen molar-refractivity contribution in [1.29, 1.82) is 0 Å². The number of anilines is 1. The molecule has 0 atom stereocenters. The smallest absolute Gasteiger partial charge is 0.185 e. The zero-order valence-corrected chi connectivity index (χ0v) is 13.1. The molecule has 0 bridgehead atoms. The molecule has 0 fully saturated rings. The van der Waals surface area contributed by atoms with Crippen LogP contribution in [0.1, 0.15) is 10.4 Å². The van der Waals surface area contributed by atoms with E-state index in [0.717, 1.165) is 23.1 Å². The van der Waals surface area contributed by atoms with E-state index in [1.807, 2.05) is 24.2 Å². The van der Waals surface area contributed by atoms with Gasteiger partial charge in [0.05, 0.1) is 6.61 Å².